The number of nitrogens with zero attached hydrogens (tertiary/aromatic N) is 3. The molecule has 0 unspecified atom stereocenters. The minimum atomic E-state index is -3.57. The fourth-order valence-electron chi connectivity index (χ4n) is 2.60. The van der Waals surface area contributed by atoms with Gasteiger partial charge >= 0.3 is 0 Å². The van der Waals surface area contributed by atoms with Gasteiger partial charge in [-0.25, -0.2) is 12.8 Å². The Bertz CT molecular complexity index is 1020. The van der Waals surface area contributed by atoms with Crippen LogP contribution in [-0.2, 0) is 10.0 Å². The van der Waals surface area contributed by atoms with E-state index < -0.39 is 15.8 Å². The SMILES string of the molecule is CCN(CC)S(=O)(=O)c1cc(-c2nc(-c3cccc(F)c3)no2)sc1C. The number of rotatable bonds is 6. The quantitative estimate of drug-likeness (QED) is 0.632. The van der Waals surface area contributed by atoms with Crippen LogP contribution in [-0.4, -0.2) is 36.0 Å². The molecular formula is C17H18FN3O3S2. The molecule has 0 bridgehead atoms. The van der Waals surface area contributed by atoms with E-state index in [4.69, 9.17) is 4.52 Å². The third-order valence-electron chi connectivity index (χ3n) is 3.92. The number of hydrogen-bond donors (Lipinski definition) is 0. The molecule has 0 aliphatic heterocycles. The Hall–Kier alpha value is -2.10. The van der Waals surface area contributed by atoms with Crippen molar-refractivity contribution in [3.05, 3.63) is 41.0 Å². The van der Waals surface area contributed by atoms with Gasteiger partial charge in [-0.1, -0.05) is 31.1 Å². The van der Waals surface area contributed by atoms with Gasteiger partial charge in [-0.3, -0.25) is 0 Å². The lowest BCUT2D eigenvalue weighted by molar-refractivity contribution is 0.433. The number of aryl methyl sites for hydroxylation is 1. The van der Waals surface area contributed by atoms with E-state index in [1.807, 2.05) is 0 Å². The summed E-state index contributed by atoms with van der Waals surface area (Å²) in [7, 11) is -3.57. The molecule has 1 aromatic carbocycles. The molecule has 0 N–H and O–H groups in total. The minimum Gasteiger partial charge on any atom is -0.333 e. The average molecular weight is 395 g/mol. The van der Waals surface area contributed by atoms with Crippen molar-refractivity contribution in [2.75, 3.05) is 13.1 Å². The van der Waals surface area contributed by atoms with E-state index in [1.165, 1.54) is 27.8 Å². The second kappa shape index (κ2) is 7.26. The highest BCUT2D eigenvalue weighted by Crippen LogP contribution is 2.34. The molecule has 2 heterocycles. The molecule has 2 aromatic heterocycles. The van der Waals surface area contributed by atoms with Crippen LogP contribution in [0.25, 0.3) is 22.2 Å². The Morgan fingerprint density at radius 2 is 1.96 bits per heavy atom. The van der Waals surface area contributed by atoms with E-state index in [-0.39, 0.29) is 16.6 Å². The molecule has 26 heavy (non-hydrogen) atoms. The van der Waals surface area contributed by atoms with Gasteiger partial charge in [0, 0.05) is 23.5 Å². The summed E-state index contributed by atoms with van der Waals surface area (Å²) in [6.07, 6.45) is 0. The van der Waals surface area contributed by atoms with Crippen LogP contribution in [0.5, 0.6) is 0 Å². The van der Waals surface area contributed by atoms with Gasteiger partial charge in [0.1, 0.15) is 5.82 Å². The molecule has 0 amide bonds. The van der Waals surface area contributed by atoms with Crippen LogP contribution in [0, 0.1) is 12.7 Å². The third-order valence-corrected chi connectivity index (χ3v) is 7.26. The second-order valence-corrected chi connectivity index (χ2v) is 8.72. The maximum Gasteiger partial charge on any atom is 0.268 e. The van der Waals surface area contributed by atoms with Crippen molar-refractivity contribution in [3.63, 3.8) is 0 Å². The predicted molar refractivity (Wildman–Crippen MR) is 97.8 cm³/mol. The molecule has 0 radical (unpaired) electrons. The monoisotopic (exact) mass is 395 g/mol. The van der Waals surface area contributed by atoms with Crippen LogP contribution in [0.1, 0.15) is 18.7 Å². The topological polar surface area (TPSA) is 76.3 Å². The number of halogens is 1. The van der Waals surface area contributed by atoms with E-state index in [1.54, 1.807) is 39.0 Å². The Morgan fingerprint density at radius 3 is 2.62 bits per heavy atom. The number of sulfonamides is 1. The van der Waals surface area contributed by atoms with Gasteiger partial charge in [-0.15, -0.1) is 11.3 Å². The van der Waals surface area contributed by atoms with E-state index in [9.17, 15) is 12.8 Å². The molecule has 6 nitrogen and oxygen atoms in total. The Morgan fingerprint density at radius 1 is 1.23 bits per heavy atom. The lowest BCUT2D eigenvalue weighted by Gasteiger charge is -2.17. The fourth-order valence-corrected chi connectivity index (χ4v) is 5.54. The van der Waals surface area contributed by atoms with Gasteiger partial charge in [0.05, 0.1) is 9.77 Å². The zero-order chi connectivity index (χ0) is 18.9. The van der Waals surface area contributed by atoms with E-state index >= 15 is 0 Å². The molecular weight excluding hydrogens is 377 g/mol. The molecule has 9 heteroatoms. The number of benzene rings is 1. The number of hydrogen-bond acceptors (Lipinski definition) is 6. The molecule has 0 saturated carbocycles. The summed E-state index contributed by atoms with van der Waals surface area (Å²) >= 11 is 1.27. The summed E-state index contributed by atoms with van der Waals surface area (Å²) in [6, 6.07) is 7.43. The third kappa shape index (κ3) is 3.42. The van der Waals surface area contributed by atoms with Crippen LogP contribution in [0.15, 0.2) is 39.8 Å². The van der Waals surface area contributed by atoms with Crippen molar-refractivity contribution in [2.45, 2.75) is 25.7 Å². The highest BCUT2D eigenvalue weighted by molar-refractivity contribution is 7.89. The second-order valence-electron chi connectivity index (χ2n) is 5.55. The summed E-state index contributed by atoms with van der Waals surface area (Å²) < 4.78 is 45.5. The van der Waals surface area contributed by atoms with Crippen LogP contribution in [0.2, 0.25) is 0 Å². The van der Waals surface area contributed by atoms with Crippen molar-refractivity contribution in [3.8, 4) is 22.2 Å². The molecule has 0 saturated heterocycles. The molecule has 3 aromatic rings. The Balaban J connectivity index is 1.98. The smallest absolute Gasteiger partial charge is 0.268 e. The minimum absolute atomic E-state index is 0.207. The van der Waals surface area contributed by atoms with Gasteiger partial charge < -0.3 is 4.52 Å². The van der Waals surface area contributed by atoms with Crippen LogP contribution >= 0.6 is 11.3 Å². The lowest BCUT2D eigenvalue weighted by atomic mass is 10.2. The first-order valence-corrected chi connectivity index (χ1v) is 10.3. The van der Waals surface area contributed by atoms with Gasteiger partial charge in [0.2, 0.25) is 15.8 Å². The lowest BCUT2D eigenvalue weighted by Crippen LogP contribution is -2.30. The van der Waals surface area contributed by atoms with Crippen LogP contribution in [0.3, 0.4) is 0 Å². The molecule has 0 fully saturated rings. The van der Waals surface area contributed by atoms with Crippen molar-refractivity contribution in [2.24, 2.45) is 0 Å². The molecule has 3 rings (SSSR count). The van der Waals surface area contributed by atoms with Gasteiger partial charge in [0.15, 0.2) is 0 Å². The van der Waals surface area contributed by atoms with Crippen molar-refractivity contribution < 1.29 is 17.3 Å². The molecule has 138 valence electrons. The zero-order valence-electron chi connectivity index (χ0n) is 14.6. The fraction of sp³-hybridized carbons (Fsp3) is 0.294. The van der Waals surface area contributed by atoms with E-state index in [0.717, 1.165) is 0 Å². The van der Waals surface area contributed by atoms with Gasteiger partial charge in [0.25, 0.3) is 5.89 Å². The largest absolute Gasteiger partial charge is 0.333 e. The first-order chi connectivity index (χ1) is 12.4. The maximum atomic E-state index is 13.4. The Labute approximate surface area is 155 Å². The molecule has 0 aliphatic rings. The summed E-state index contributed by atoms with van der Waals surface area (Å²) in [5.74, 6) is 0.0606. The van der Waals surface area contributed by atoms with E-state index in [2.05, 4.69) is 10.1 Å². The average Bonchev–Trinajstić information content (AvgIpc) is 3.22. The first kappa shape index (κ1) is 18.7. The normalized spacial score (nSPS) is 12.0. The van der Waals surface area contributed by atoms with Crippen LogP contribution in [0.4, 0.5) is 4.39 Å². The van der Waals surface area contributed by atoms with E-state index in [0.29, 0.717) is 28.4 Å². The first-order valence-electron chi connectivity index (χ1n) is 8.07. The summed E-state index contributed by atoms with van der Waals surface area (Å²) in [5.41, 5.74) is 0.490. The highest BCUT2D eigenvalue weighted by atomic mass is 32.2. The molecule has 0 atom stereocenters. The number of aromatic nitrogens is 2. The summed E-state index contributed by atoms with van der Waals surface area (Å²) in [5, 5.41) is 3.87. The molecule has 0 spiro atoms. The highest BCUT2D eigenvalue weighted by Gasteiger charge is 2.27. The van der Waals surface area contributed by atoms with Crippen LogP contribution < -0.4 is 0 Å². The van der Waals surface area contributed by atoms with Crippen molar-refractivity contribution in [1.29, 1.82) is 0 Å². The van der Waals surface area contributed by atoms with Gasteiger partial charge in [-0.05, 0) is 25.1 Å². The van der Waals surface area contributed by atoms with Crippen molar-refractivity contribution >= 4 is 21.4 Å². The summed E-state index contributed by atoms with van der Waals surface area (Å²) in [6.45, 7) is 6.13. The maximum absolute atomic E-state index is 13.4. The standard InChI is InChI=1S/C17H18FN3O3S2/c1-4-21(5-2)26(22,23)15-10-14(25-11(15)3)17-19-16(20-24-17)12-7-6-8-13(18)9-12/h6-10H,4-5H2,1-3H3. The number of thiophene rings is 1. The van der Waals surface area contributed by atoms with Gasteiger partial charge in [-0.2, -0.15) is 9.29 Å². The zero-order valence-corrected chi connectivity index (χ0v) is 16.2. The summed E-state index contributed by atoms with van der Waals surface area (Å²) in [4.78, 5) is 5.72. The Kier molecular flexibility index (Phi) is 5.22. The molecule has 0 aliphatic carbocycles. The van der Waals surface area contributed by atoms with Crippen molar-refractivity contribution in [1.82, 2.24) is 14.4 Å². The predicted octanol–water partition coefficient (Wildman–Crippen LogP) is 3.94.